The zero-order chi connectivity index (χ0) is 7.68. The summed E-state index contributed by atoms with van der Waals surface area (Å²) < 4.78 is 5.28. The molecule has 0 radical (unpaired) electrons. The topological polar surface area (TPSA) is 52.0 Å². The normalized spacial score (nSPS) is 10.6. The van der Waals surface area contributed by atoms with E-state index in [4.69, 9.17) is 10.2 Å². The van der Waals surface area contributed by atoms with Crippen LogP contribution in [0.2, 0.25) is 0 Å². The first kappa shape index (κ1) is 6.37. The van der Waals surface area contributed by atoms with Crippen LogP contribution in [0, 0.1) is 0 Å². The Labute approximate surface area is 63.8 Å². The molecule has 0 aliphatic rings. The van der Waals surface area contributed by atoms with Gasteiger partial charge in [0.05, 0.1) is 6.54 Å². The SMILES string of the molecule is NCc1cc2cccnc2o1. The van der Waals surface area contributed by atoms with Crippen molar-refractivity contribution in [2.45, 2.75) is 6.54 Å². The Bertz CT molecular complexity index is 334. The van der Waals surface area contributed by atoms with Gasteiger partial charge in [-0.2, -0.15) is 0 Å². The van der Waals surface area contributed by atoms with Crippen molar-refractivity contribution in [2.75, 3.05) is 0 Å². The summed E-state index contributed by atoms with van der Waals surface area (Å²) in [5.74, 6) is 0.777. The average molecular weight is 148 g/mol. The van der Waals surface area contributed by atoms with Gasteiger partial charge in [-0.05, 0) is 18.2 Å². The molecule has 0 atom stereocenters. The highest BCUT2D eigenvalue weighted by molar-refractivity contribution is 5.73. The summed E-state index contributed by atoms with van der Waals surface area (Å²) in [4.78, 5) is 4.03. The van der Waals surface area contributed by atoms with Crippen LogP contribution in [-0.2, 0) is 6.54 Å². The number of nitrogens with zero attached hydrogens (tertiary/aromatic N) is 1. The molecule has 3 nitrogen and oxygen atoms in total. The van der Waals surface area contributed by atoms with Gasteiger partial charge in [0.2, 0.25) is 5.71 Å². The zero-order valence-corrected chi connectivity index (χ0v) is 5.95. The third kappa shape index (κ3) is 0.991. The van der Waals surface area contributed by atoms with Crippen molar-refractivity contribution in [3.05, 3.63) is 30.2 Å². The van der Waals surface area contributed by atoms with Crippen molar-refractivity contribution in [3.8, 4) is 0 Å². The van der Waals surface area contributed by atoms with Crippen LogP contribution >= 0.6 is 0 Å². The van der Waals surface area contributed by atoms with Gasteiger partial charge in [0.15, 0.2) is 0 Å². The summed E-state index contributed by atoms with van der Waals surface area (Å²) in [6.45, 7) is 0.427. The molecule has 3 heteroatoms. The van der Waals surface area contributed by atoms with Crippen LogP contribution in [0.3, 0.4) is 0 Å². The molecule has 0 aliphatic carbocycles. The third-order valence-corrected chi connectivity index (χ3v) is 1.55. The first-order valence-corrected chi connectivity index (χ1v) is 3.43. The molecule has 0 unspecified atom stereocenters. The highest BCUT2D eigenvalue weighted by Gasteiger charge is 2.00. The standard InChI is InChI=1S/C8H8N2O/c9-5-7-4-6-2-1-3-10-8(6)11-7/h1-4H,5,9H2. The van der Waals surface area contributed by atoms with Gasteiger partial charge in [0, 0.05) is 11.6 Å². The zero-order valence-electron chi connectivity index (χ0n) is 5.95. The fourth-order valence-corrected chi connectivity index (χ4v) is 1.03. The lowest BCUT2D eigenvalue weighted by atomic mass is 10.3. The molecule has 11 heavy (non-hydrogen) atoms. The fourth-order valence-electron chi connectivity index (χ4n) is 1.03. The van der Waals surface area contributed by atoms with E-state index in [0.29, 0.717) is 12.3 Å². The Balaban J connectivity index is 2.69. The van der Waals surface area contributed by atoms with E-state index in [1.54, 1.807) is 6.20 Å². The van der Waals surface area contributed by atoms with Gasteiger partial charge >= 0.3 is 0 Å². The molecule has 2 aromatic rings. The van der Waals surface area contributed by atoms with Crippen LogP contribution in [-0.4, -0.2) is 4.98 Å². The minimum absolute atomic E-state index is 0.427. The van der Waals surface area contributed by atoms with E-state index in [1.807, 2.05) is 18.2 Å². The Morgan fingerprint density at radius 1 is 1.55 bits per heavy atom. The van der Waals surface area contributed by atoms with E-state index in [2.05, 4.69) is 4.98 Å². The van der Waals surface area contributed by atoms with Crippen molar-refractivity contribution in [3.63, 3.8) is 0 Å². The second kappa shape index (κ2) is 2.36. The smallest absolute Gasteiger partial charge is 0.226 e. The predicted molar refractivity (Wildman–Crippen MR) is 41.9 cm³/mol. The molecular formula is C8H8N2O. The van der Waals surface area contributed by atoms with Crippen LogP contribution in [0.15, 0.2) is 28.8 Å². The van der Waals surface area contributed by atoms with Crippen LogP contribution < -0.4 is 5.73 Å². The molecule has 2 aromatic heterocycles. The van der Waals surface area contributed by atoms with Crippen LogP contribution in [0.4, 0.5) is 0 Å². The quantitative estimate of drug-likeness (QED) is 0.662. The maximum Gasteiger partial charge on any atom is 0.226 e. The average Bonchev–Trinajstić information content (AvgIpc) is 2.46. The van der Waals surface area contributed by atoms with E-state index >= 15 is 0 Å². The number of pyridine rings is 1. The van der Waals surface area contributed by atoms with E-state index in [1.165, 1.54) is 0 Å². The van der Waals surface area contributed by atoms with Gasteiger partial charge in [0.1, 0.15) is 5.76 Å². The second-order valence-electron chi connectivity index (χ2n) is 2.31. The molecule has 0 fully saturated rings. The van der Waals surface area contributed by atoms with Gasteiger partial charge in [-0.3, -0.25) is 0 Å². The number of aromatic nitrogens is 1. The third-order valence-electron chi connectivity index (χ3n) is 1.55. The minimum atomic E-state index is 0.427. The highest BCUT2D eigenvalue weighted by atomic mass is 16.3. The first-order valence-electron chi connectivity index (χ1n) is 3.43. The molecule has 0 spiro atoms. The number of furan rings is 1. The summed E-state index contributed by atoms with van der Waals surface area (Å²) in [5, 5.41) is 1.01. The maximum absolute atomic E-state index is 5.39. The monoisotopic (exact) mass is 148 g/mol. The predicted octanol–water partition coefficient (Wildman–Crippen LogP) is 1.29. The van der Waals surface area contributed by atoms with Crippen molar-refractivity contribution >= 4 is 11.1 Å². The van der Waals surface area contributed by atoms with E-state index in [9.17, 15) is 0 Å². The molecule has 0 saturated heterocycles. The molecular weight excluding hydrogens is 140 g/mol. The Kier molecular flexibility index (Phi) is 1.36. The van der Waals surface area contributed by atoms with Crippen molar-refractivity contribution in [1.29, 1.82) is 0 Å². The summed E-state index contributed by atoms with van der Waals surface area (Å²) >= 11 is 0. The Morgan fingerprint density at radius 3 is 3.18 bits per heavy atom. The van der Waals surface area contributed by atoms with Gasteiger partial charge in [0.25, 0.3) is 0 Å². The van der Waals surface area contributed by atoms with Crippen LogP contribution in [0.5, 0.6) is 0 Å². The molecule has 0 amide bonds. The first-order chi connectivity index (χ1) is 5.40. The number of rotatable bonds is 1. The van der Waals surface area contributed by atoms with Crippen molar-refractivity contribution in [2.24, 2.45) is 5.73 Å². The molecule has 2 N–H and O–H groups in total. The highest BCUT2D eigenvalue weighted by Crippen LogP contribution is 2.15. The minimum Gasteiger partial charge on any atom is -0.441 e. The number of hydrogen-bond donors (Lipinski definition) is 1. The second-order valence-corrected chi connectivity index (χ2v) is 2.31. The summed E-state index contributed by atoms with van der Waals surface area (Å²) in [6.07, 6.45) is 1.70. The molecule has 2 rings (SSSR count). The molecule has 0 saturated carbocycles. The molecule has 0 bridgehead atoms. The van der Waals surface area contributed by atoms with Crippen molar-refractivity contribution < 1.29 is 4.42 Å². The number of fused-ring (bicyclic) bond motifs is 1. The van der Waals surface area contributed by atoms with Gasteiger partial charge in [-0.25, -0.2) is 4.98 Å². The lowest BCUT2D eigenvalue weighted by molar-refractivity contribution is 0.543. The van der Waals surface area contributed by atoms with Crippen LogP contribution in [0.25, 0.3) is 11.1 Å². The molecule has 56 valence electrons. The largest absolute Gasteiger partial charge is 0.441 e. The Morgan fingerprint density at radius 2 is 2.45 bits per heavy atom. The number of nitrogens with two attached hydrogens (primary N) is 1. The lowest BCUT2D eigenvalue weighted by Gasteiger charge is -1.83. The lowest BCUT2D eigenvalue weighted by Crippen LogP contribution is -1.92. The number of hydrogen-bond acceptors (Lipinski definition) is 3. The molecule has 0 aliphatic heterocycles. The Hall–Kier alpha value is -1.35. The van der Waals surface area contributed by atoms with E-state index in [0.717, 1.165) is 11.1 Å². The van der Waals surface area contributed by atoms with Crippen LogP contribution in [0.1, 0.15) is 5.76 Å². The van der Waals surface area contributed by atoms with Crippen molar-refractivity contribution in [1.82, 2.24) is 4.98 Å². The molecule has 2 heterocycles. The maximum atomic E-state index is 5.39. The molecule has 0 aromatic carbocycles. The summed E-state index contributed by atoms with van der Waals surface area (Å²) in [5.41, 5.74) is 6.05. The van der Waals surface area contributed by atoms with E-state index < -0.39 is 0 Å². The van der Waals surface area contributed by atoms with Gasteiger partial charge in [-0.1, -0.05) is 0 Å². The van der Waals surface area contributed by atoms with E-state index in [-0.39, 0.29) is 0 Å². The fraction of sp³-hybridized carbons (Fsp3) is 0.125. The summed E-state index contributed by atoms with van der Waals surface area (Å²) in [7, 11) is 0. The van der Waals surface area contributed by atoms with Gasteiger partial charge < -0.3 is 10.2 Å². The summed E-state index contributed by atoms with van der Waals surface area (Å²) in [6, 6.07) is 5.73. The van der Waals surface area contributed by atoms with Gasteiger partial charge in [-0.15, -0.1) is 0 Å².